The minimum absolute atomic E-state index is 0.138. The van der Waals surface area contributed by atoms with E-state index in [1.165, 1.54) is 24.3 Å². The number of non-ortho nitro benzene ring substituents is 1. The number of fused-ring (bicyclic) bond motifs is 1. The first-order chi connectivity index (χ1) is 19.4. The van der Waals surface area contributed by atoms with Gasteiger partial charge in [0.25, 0.3) is 5.69 Å². The number of ketones is 1. The molecular formula is C32H24N2O6. The van der Waals surface area contributed by atoms with E-state index in [1.807, 2.05) is 37.3 Å². The van der Waals surface area contributed by atoms with Crippen LogP contribution in [0.4, 0.5) is 5.69 Å². The molecule has 0 saturated carbocycles. The Morgan fingerprint density at radius 2 is 1.55 bits per heavy atom. The highest BCUT2D eigenvalue weighted by molar-refractivity contribution is 6.07. The lowest BCUT2D eigenvalue weighted by molar-refractivity contribution is -0.384. The molecule has 0 aliphatic heterocycles. The van der Waals surface area contributed by atoms with Crippen molar-refractivity contribution in [2.24, 2.45) is 0 Å². The number of nitro groups is 1. The Kier molecular flexibility index (Phi) is 7.59. The maximum atomic E-state index is 13.7. The number of nitro benzene ring substituents is 1. The molecule has 0 fully saturated rings. The Morgan fingerprint density at radius 3 is 2.23 bits per heavy atom. The molecule has 0 bridgehead atoms. The zero-order chi connectivity index (χ0) is 28.1. The summed E-state index contributed by atoms with van der Waals surface area (Å²) in [6.07, 6.45) is -1.32. The molecule has 0 N–H and O–H groups in total. The summed E-state index contributed by atoms with van der Waals surface area (Å²) >= 11 is 0. The maximum absolute atomic E-state index is 13.7. The monoisotopic (exact) mass is 532 g/mol. The first kappa shape index (κ1) is 26.2. The summed E-state index contributed by atoms with van der Waals surface area (Å²) in [6, 6.07) is 30.0. The standard InChI is InChI=1S/C32H24N2O6/c1-2-39-25-18-14-21(15-19-25)29-20-27(26-10-6-7-11-28(26)33-29)32(36)40-31(30(35)22-8-4-3-5-9-22)23-12-16-24(17-13-23)34(37)38/h3-20,31H,2H2,1H3/t31-/m0/s1. The van der Waals surface area contributed by atoms with Gasteiger partial charge in [-0.05, 0) is 55.5 Å². The number of carbonyl (C=O) groups is 2. The first-order valence-electron chi connectivity index (χ1n) is 12.6. The molecule has 8 heteroatoms. The predicted octanol–water partition coefficient (Wildman–Crippen LogP) is 6.99. The Labute approximate surface area is 230 Å². The van der Waals surface area contributed by atoms with Crippen LogP contribution in [0.15, 0.2) is 109 Å². The molecule has 40 heavy (non-hydrogen) atoms. The van der Waals surface area contributed by atoms with E-state index in [2.05, 4.69) is 0 Å². The fraction of sp³-hybridized carbons (Fsp3) is 0.0938. The highest BCUT2D eigenvalue weighted by Gasteiger charge is 2.28. The molecule has 0 aliphatic rings. The van der Waals surface area contributed by atoms with Crippen molar-refractivity contribution in [3.63, 3.8) is 0 Å². The van der Waals surface area contributed by atoms with Crippen LogP contribution in [-0.4, -0.2) is 28.3 Å². The van der Waals surface area contributed by atoms with Crippen molar-refractivity contribution in [1.82, 2.24) is 4.98 Å². The first-order valence-corrected chi connectivity index (χ1v) is 12.6. The van der Waals surface area contributed by atoms with E-state index in [1.54, 1.807) is 54.6 Å². The van der Waals surface area contributed by atoms with Crippen LogP contribution < -0.4 is 4.74 Å². The number of aromatic nitrogens is 1. The number of para-hydroxylation sites is 1. The second-order valence-corrected chi connectivity index (χ2v) is 8.89. The van der Waals surface area contributed by atoms with Gasteiger partial charge in [-0.15, -0.1) is 0 Å². The number of pyridine rings is 1. The van der Waals surface area contributed by atoms with E-state index in [0.29, 0.717) is 34.3 Å². The van der Waals surface area contributed by atoms with Crippen LogP contribution >= 0.6 is 0 Å². The molecule has 1 atom stereocenters. The van der Waals surface area contributed by atoms with Gasteiger partial charge in [-0.3, -0.25) is 14.9 Å². The van der Waals surface area contributed by atoms with E-state index >= 15 is 0 Å². The van der Waals surface area contributed by atoms with E-state index in [4.69, 9.17) is 14.5 Å². The summed E-state index contributed by atoms with van der Waals surface area (Å²) in [6.45, 7) is 2.45. The molecule has 5 aromatic rings. The third-order valence-electron chi connectivity index (χ3n) is 6.33. The van der Waals surface area contributed by atoms with Gasteiger partial charge in [0.2, 0.25) is 5.78 Å². The molecule has 1 aromatic heterocycles. The third kappa shape index (κ3) is 5.56. The number of Topliss-reactive ketones (excluding diaryl/α,β-unsaturated/α-hetero) is 1. The molecule has 0 radical (unpaired) electrons. The van der Waals surface area contributed by atoms with Gasteiger partial charge >= 0.3 is 5.97 Å². The third-order valence-corrected chi connectivity index (χ3v) is 6.33. The summed E-state index contributed by atoms with van der Waals surface area (Å²) in [4.78, 5) is 42.6. The fourth-order valence-electron chi connectivity index (χ4n) is 4.35. The number of hydrogen-bond donors (Lipinski definition) is 0. The number of rotatable bonds is 9. The predicted molar refractivity (Wildman–Crippen MR) is 150 cm³/mol. The van der Waals surface area contributed by atoms with Gasteiger partial charge in [-0.2, -0.15) is 0 Å². The fourth-order valence-corrected chi connectivity index (χ4v) is 4.35. The Hall–Kier alpha value is -5.37. The van der Waals surface area contributed by atoms with Crippen LogP contribution in [0.2, 0.25) is 0 Å². The van der Waals surface area contributed by atoms with Crippen LogP contribution in [0.25, 0.3) is 22.2 Å². The Morgan fingerprint density at radius 1 is 0.875 bits per heavy atom. The highest BCUT2D eigenvalue weighted by atomic mass is 16.6. The van der Waals surface area contributed by atoms with E-state index in [0.717, 1.165) is 11.3 Å². The van der Waals surface area contributed by atoms with Crippen LogP contribution in [0.3, 0.4) is 0 Å². The average Bonchev–Trinajstić information content (AvgIpc) is 3.00. The molecule has 0 unspecified atom stereocenters. The molecule has 8 nitrogen and oxygen atoms in total. The van der Waals surface area contributed by atoms with Crippen LogP contribution in [0.5, 0.6) is 5.75 Å². The van der Waals surface area contributed by atoms with Gasteiger partial charge in [-0.25, -0.2) is 9.78 Å². The van der Waals surface area contributed by atoms with Crippen molar-refractivity contribution < 1.29 is 24.0 Å². The second kappa shape index (κ2) is 11.6. The van der Waals surface area contributed by atoms with Gasteiger partial charge in [0, 0.05) is 34.2 Å². The largest absolute Gasteiger partial charge is 0.494 e. The smallest absolute Gasteiger partial charge is 0.339 e. The molecule has 0 amide bonds. The summed E-state index contributed by atoms with van der Waals surface area (Å²) in [5, 5.41) is 11.7. The SMILES string of the molecule is CCOc1ccc(-c2cc(C(=O)O[C@H](C(=O)c3ccccc3)c3ccc([N+](=O)[O-])cc3)c3ccccc3n2)cc1. The molecule has 1 heterocycles. The van der Waals surface area contributed by atoms with Crippen molar-refractivity contribution in [3.05, 3.63) is 136 Å². The van der Waals surface area contributed by atoms with E-state index in [-0.39, 0.29) is 11.3 Å². The van der Waals surface area contributed by atoms with Crippen molar-refractivity contribution >= 4 is 28.3 Å². The number of hydrogen-bond acceptors (Lipinski definition) is 7. The molecular weight excluding hydrogens is 508 g/mol. The summed E-state index contributed by atoms with van der Waals surface area (Å²) in [5.74, 6) is -0.455. The number of carbonyl (C=O) groups excluding carboxylic acids is 2. The van der Waals surface area contributed by atoms with Crippen molar-refractivity contribution in [1.29, 1.82) is 0 Å². The van der Waals surface area contributed by atoms with Crippen LogP contribution in [-0.2, 0) is 4.74 Å². The second-order valence-electron chi connectivity index (χ2n) is 8.89. The van der Waals surface area contributed by atoms with Crippen molar-refractivity contribution in [2.45, 2.75) is 13.0 Å². The normalized spacial score (nSPS) is 11.5. The summed E-state index contributed by atoms with van der Waals surface area (Å²) < 4.78 is 11.4. The van der Waals surface area contributed by atoms with Crippen molar-refractivity contribution in [3.8, 4) is 17.0 Å². The Bertz CT molecular complexity index is 1680. The molecule has 4 aromatic carbocycles. The molecule has 0 saturated heterocycles. The van der Waals surface area contributed by atoms with Crippen LogP contribution in [0.1, 0.15) is 39.3 Å². The number of ether oxygens (including phenoxy) is 2. The van der Waals surface area contributed by atoms with Crippen LogP contribution in [0, 0.1) is 10.1 Å². The number of nitrogens with zero attached hydrogens (tertiary/aromatic N) is 2. The van der Waals surface area contributed by atoms with Gasteiger partial charge in [-0.1, -0.05) is 48.5 Å². The highest BCUT2D eigenvalue weighted by Crippen LogP contribution is 2.30. The minimum Gasteiger partial charge on any atom is -0.494 e. The lowest BCUT2D eigenvalue weighted by Gasteiger charge is -2.18. The summed E-state index contributed by atoms with van der Waals surface area (Å²) in [7, 11) is 0. The quantitative estimate of drug-likeness (QED) is 0.0871. The van der Waals surface area contributed by atoms with Gasteiger partial charge in [0.15, 0.2) is 6.10 Å². The molecule has 0 spiro atoms. The Balaban J connectivity index is 1.55. The summed E-state index contributed by atoms with van der Waals surface area (Å²) in [5.41, 5.74) is 2.67. The zero-order valence-corrected chi connectivity index (χ0v) is 21.5. The topological polar surface area (TPSA) is 109 Å². The lowest BCUT2D eigenvalue weighted by Crippen LogP contribution is -2.20. The number of benzene rings is 4. The molecule has 0 aliphatic carbocycles. The van der Waals surface area contributed by atoms with Gasteiger partial charge in [0.05, 0.1) is 28.3 Å². The average molecular weight is 533 g/mol. The van der Waals surface area contributed by atoms with Gasteiger partial charge in [0.1, 0.15) is 5.75 Å². The lowest BCUT2D eigenvalue weighted by atomic mass is 9.99. The maximum Gasteiger partial charge on any atom is 0.339 e. The van der Waals surface area contributed by atoms with E-state index < -0.39 is 22.8 Å². The van der Waals surface area contributed by atoms with Crippen molar-refractivity contribution in [2.75, 3.05) is 6.61 Å². The zero-order valence-electron chi connectivity index (χ0n) is 21.5. The number of esters is 1. The van der Waals surface area contributed by atoms with E-state index in [9.17, 15) is 19.7 Å². The molecule has 198 valence electrons. The molecule has 5 rings (SSSR count). The minimum atomic E-state index is -1.32. The van der Waals surface area contributed by atoms with Gasteiger partial charge < -0.3 is 9.47 Å².